The van der Waals surface area contributed by atoms with Crippen LogP contribution in [0.4, 0.5) is 4.39 Å². The third-order valence-corrected chi connectivity index (χ3v) is 2.25. The average Bonchev–Trinajstić information content (AvgIpc) is 2.14. The zero-order chi connectivity index (χ0) is 10.6. The number of nitrogens with one attached hydrogen (secondary N) is 1. The van der Waals surface area contributed by atoms with Gasteiger partial charge in [-0.2, -0.15) is 5.26 Å². The highest BCUT2D eigenvalue weighted by Gasteiger charge is 2.13. The summed E-state index contributed by atoms with van der Waals surface area (Å²) in [6, 6.07) is 6.21. The fourth-order valence-corrected chi connectivity index (χ4v) is 1.55. The number of hydrogen-bond donors (Lipinski definition) is 1. The van der Waals surface area contributed by atoms with Crippen molar-refractivity contribution < 1.29 is 4.39 Å². The summed E-state index contributed by atoms with van der Waals surface area (Å²) in [5.41, 5.74) is 0.407. The zero-order valence-corrected chi connectivity index (χ0v) is 8.48. The SMILES string of the molecule is CC(NCC#N)c1c(F)cccc1Cl. The second-order valence-electron chi connectivity index (χ2n) is 2.90. The molecule has 0 aliphatic carbocycles. The summed E-state index contributed by atoms with van der Waals surface area (Å²) in [6.07, 6.45) is 0. The van der Waals surface area contributed by atoms with Gasteiger partial charge in [0.2, 0.25) is 0 Å². The summed E-state index contributed by atoms with van der Waals surface area (Å²) < 4.78 is 13.3. The van der Waals surface area contributed by atoms with Gasteiger partial charge in [-0.05, 0) is 19.1 Å². The van der Waals surface area contributed by atoms with Crippen molar-refractivity contribution in [1.82, 2.24) is 5.32 Å². The Kier molecular flexibility index (Phi) is 3.87. The summed E-state index contributed by atoms with van der Waals surface area (Å²) in [4.78, 5) is 0. The predicted octanol–water partition coefficient (Wildman–Crippen LogP) is 2.65. The topological polar surface area (TPSA) is 35.8 Å². The molecule has 0 aliphatic rings. The Hall–Kier alpha value is -1.11. The van der Waals surface area contributed by atoms with E-state index in [1.807, 2.05) is 6.07 Å². The highest BCUT2D eigenvalue weighted by Crippen LogP contribution is 2.25. The van der Waals surface area contributed by atoms with Crippen LogP contribution >= 0.6 is 11.6 Å². The van der Waals surface area contributed by atoms with E-state index >= 15 is 0 Å². The molecule has 2 nitrogen and oxygen atoms in total. The van der Waals surface area contributed by atoms with Crippen molar-refractivity contribution in [3.8, 4) is 6.07 Å². The van der Waals surface area contributed by atoms with Crippen LogP contribution in [0.25, 0.3) is 0 Å². The molecule has 0 spiro atoms. The van der Waals surface area contributed by atoms with E-state index in [1.54, 1.807) is 19.1 Å². The van der Waals surface area contributed by atoms with Gasteiger partial charge in [0.15, 0.2) is 0 Å². The summed E-state index contributed by atoms with van der Waals surface area (Å²) in [7, 11) is 0. The third kappa shape index (κ3) is 2.44. The van der Waals surface area contributed by atoms with Crippen molar-refractivity contribution in [2.45, 2.75) is 13.0 Å². The summed E-state index contributed by atoms with van der Waals surface area (Å²) in [5, 5.41) is 11.6. The van der Waals surface area contributed by atoms with Gasteiger partial charge in [-0.3, -0.25) is 5.32 Å². The smallest absolute Gasteiger partial charge is 0.129 e. The fraction of sp³-hybridized carbons (Fsp3) is 0.300. The quantitative estimate of drug-likeness (QED) is 0.782. The molecule has 4 heteroatoms. The van der Waals surface area contributed by atoms with Gasteiger partial charge in [0, 0.05) is 16.6 Å². The van der Waals surface area contributed by atoms with Crippen molar-refractivity contribution >= 4 is 11.6 Å². The van der Waals surface area contributed by atoms with E-state index < -0.39 is 0 Å². The highest BCUT2D eigenvalue weighted by atomic mass is 35.5. The lowest BCUT2D eigenvalue weighted by molar-refractivity contribution is 0.551. The van der Waals surface area contributed by atoms with Crippen molar-refractivity contribution in [2.24, 2.45) is 0 Å². The first-order chi connectivity index (χ1) is 6.66. The molecule has 0 heterocycles. The first-order valence-corrected chi connectivity index (χ1v) is 4.59. The van der Waals surface area contributed by atoms with Gasteiger partial charge >= 0.3 is 0 Å². The van der Waals surface area contributed by atoms with Crippen LogP contribution in [-0.2, 0) is 0 Å². The lowest BCUT2D eigenvalue weighted by Crippen LogP contribution is -2.20. The number of halogens is 2. The number of hydrogen-bond acceptors (Lipinski definition) is 2. The standard InChI is InChI=1S/C10H10ClFN2/c1-7(14-6-5-13)10-8(11)3-2-4-9(10)12/h2-4,7,14H,6H2,1H3. The first kappa shape index (κ1) is 11.0. The molecule has 1 atom stereocenters. The Morgan fingerprint density at radius 3 is 2.93 bits per heavy atom. The van der Waals surface area contributed by atoms with Crippen LogP contribution in [0.3, 0.4) is 0 Å². The molecular weight excluding hydrogens is 203 g/mol. The molecule has 1 unspecified atom stereocenters. The van der Waals surface area contributed by atoms with E-state index in [9.17, 15) is 4.39 Å². The molecule has 0 aliphatic heterocycles. The minimum Gasteiger partial charge on any atom is -0.298 e. The van der Waals surface area contributed by atoms with Gasteiger partial charge in [-0.1, -0.05) is 17.7 Å². The highest BCUT2D eigenvalue weighted by molar-refractivity contribution is 6.31. The van der Waals surface area contributed by atoms with E-state index in [2.05, 4.69) is 5.32 Å². The molecule has 0 saturated heterocycles. The van der Waals surface area contributed by atoms with Crippen LogP contribution in [0, 0.1) is 17.1 Å². The van der Waals surface area contributed by atoms with E-state index in [0.717, 1.165) is 0 Å². The molecule has 1 aromatic carbocycles. The molecular formula is C10H10ClFN2. The Morgan fingerprint density at radius 2 is 2.36 bits per heavy atom. The van der Waals surface area contributed by atoms with Crippen LogP contribution in [0.5, 0.6) is 0 Å². The molecule has 0 bridgehead atoms. The summed E-state index contributed by atoms with van der Waals surface area (Å²) in [5.74, 6) is -0.351. The third-order valence-electron chi connectivity index (χ3n) is 1.92. The zero-order valence-electron chi connectivity index (χ0n) is 7.72. The molecule has 14 heavy (non-hydrogen) atoms. The second-order valence-corrected chi connectivity index (χ2v) is 3.30. The monoisotopic (exact) mass is 212 g/mol. The lowest BCUT2D eigenvalue weighted by Gasteiger charge is -2.14. The van der Waals surface area contributed by atoms with Gasteiger partial charge in [0.1, 0.15) is 5.82 Å². The number of nitriles is 1. The number of rotatable bonds is 3. The summed E-state index contributed by atoms with van der Waals surface area (Å²) in [6.45, 7) is 1.94. The molecule has 1 aromatic rings. The van der Waals surface area contributed by atoms with Gasteiger partial charge in [-0.15, -0.1) is 0 Å². The maximum absolute atomic E-state index is 13.3. The second kappa shape index (κ2) is 4.94. The van der Waals surface area contributed by atoms with E-state index in [0.29, 0.717) is 10.6 Å². The molecule has 0 aromatic heterocycles. The predicted molar refractivity (Wildman–Crippen MR) is 53.4 cm³/mol. The van der Waals surface area contributed by atoms with Crippen molar-refractivity contribution in [1.29, 1.82) is 5.26 Å². The average molecular weight is 213 g/mol. The number of nitrogens with zero attached hydrogens (tertiary/aromatic N) is 1. The van der Waals surface area contributed by atoms with Crippen molar-refractivity contribution in [3.05, 3.63) is 34.6 Å². The van der Waals surface area contributed by atoms with Gasteiger partial charge in [-0.25, -0.2) is 4.39 Å². The van der Waals surface area contributed by atoms with Crippen LogP contribution in [-0.4, -0.2) is 6.54 Å². The molecule has 0 fully saturated rings. The normalized spacial score (nSPS) is 12.1. The van der Waals surface area contributed by atoms with E-state index in [-0.39, 0.29) is 18.4 Å². The molecule has 1 N–H and O–H groups in total. The molecule has 0 saturated carbocycles. The maximum atomic E-state index is 13.3. The van der Waals surface area contributed by atoms with Gasteiger partial charge in [0.25, 0.3) is 0 Å². The number of benzene rings is 1. The van der Waals surface area contributed by atoms with Crippen LogP contribution in [0.2, 0.25) is 5.02 Å². The Bertz CT molecular complexity index is 339. The Balaban J connectivity index is 2.89. The van der Waals surface area contributed by atoms with Gasteiger partial charge < -0.3 is 0 Å². The fourth-order valence-electron chi connectivity index (χ4n) is 1.23. The minimum absolute atomic E-state index is 0.172. The van der Waals surface area contributed by atoms with Crippen molar-refractivity contribution in [3.63, 3.8) is 0 Å². The first-order valence-electron chi connectivity index (χ1n) is 4.21. The molecule has 0 amide bonds. The van der Waals surface area contributed by atoms with Crippen molar-refractivity contribution in [2.75, 3.05) is 6.54 Å². The lowest BCUT2D eigenvalue weighted by atomic mass is 10.1. The maximum Gasteiger partial charge on any atom is 0.129 e. The van der Waals surface area contributed by atoms with Crippen LogP contribution < -0.4 is 5.32 Å². The summed E-state index contributed by atoms with van der Waals surface area (Å²) >= 11 is 5.84. The Labute approximate surface area is 87.3 Å². The van der Waals surface area contributed by atoms with Crippen LogP contribution in [0.15, 0.2) is 18.2 Å². The minimum atomic E-state index is -0.351. The van der Waals surface area contributed by atoms with Gasteiger partial charge in [0.05, 0.1) is 12.6 Å². The largest absolute Gasteiger partial charge is 0.298 e. The molecule has 0 radical (unpaired) electrons. The Morgan fingerprint density at radius 1 is 1.64 bits per heavy atom. The molecule has 1 rings (SSSR count). The van der Waals surface area contributed by atoms with E-state index in [1.165, 1.54) is 6.07 Å². The molecule has 74 valence electrons. The van der Waals surface area contributed by atoms with E-state index in [4.69, 9.17) is 16.9 Å². The van der Waals surface area contributed by atoms with Crippen LogP contribution in [0.1, 0.15) is 18.5 Å².